The van der Waals surface area contributed by atoms with Crippen molar-refractivity contribution in [2.24, 2.45) is 10.8 Å². The van der Waals surface area contributed by atoms with Gasteiger partial charge in [-0.25, -0.2) is 5.43 Å². The molecule has 8 nitrogen and oxygen atoms in total. The first-order chi connectivity index (χ1) is 13.1. The molecule has 0 saturated carbocycles. The summed E-state index contributed by atoms with van der Waals surface area (Å²) < 4.78 is 15.9. The van der Waals surface area contributed by atoms with Crippen molar-refractivity contribution in [2.45, 2.75) is 0 Å². The lowest BCUT2D eigenvalue weighted by molar-refractivity contribution is -0.119. The Kier molecular flexibility index (Phi) is 5.36. The monoisotopic (exact) mass is 367 g/mol. The molecule has 2 amide bonds. The topological polar surface area (TPSA) is 116 Å². The molecule has 3 N–H and O–H groups in total. The fraction of sp³-hybridized carbons (Fsp3) is 0.105. The number of hydrogen-bond donors (Lipinski definition) is 2. The summed E-state index contributed by atoms with van der Waals surface area (Å²) in [5.74, 6) is 0.152. The second-order valence-electron chi connectivity index (χ2n) is 5.51. The number of furan rings is 1. The van der Waals surface area contributed by atoms with Crippen molar-refractivity contribution in [2.75, 3.05) is 13.7 Å². The molecule has 3 rings (SSSR count). The second-order valence-corrected chi connectivity index (χ2v) is 5.51. The van der Waals surface area contributed by atoms with Crippen LogP contribution >= 0.6 is 0 Å². The Bertz CT molecular complexity index is 992. The number of nitrogens with one attached hydrogen (secondary N) is 1. The summed E-state index contributed by atoms with van der Waals surface area (Å²) in [4.78, 5) is 22.9. The Labute approximate surface area is 154 Å². The fourth-order valence-corrected chi connectivity index (χ4v) is 2.33. The van der Waals surface area contributed by atoms with Gasteiger partial charge in [0.2, 0.25) is 0 Å². The molecule has 8 heteroatoms. The number of nitrogens with two attached hydrogens (primary N) is 1. The largest absolute Gasteiger partial charge is 0.493 e. The van der Waals surface area contributed by atoms with Crippen LogP contribution in [0.15, 0.2) is 58.0 Å². The molecule has 0 spiro atoms. The van der Waals surface area contributed by atoms with Crippen molar-refractivity contribution in [1.29, 1.82) is 0 Å². The maximum atomic E-state index is 12.2. The van der Waals surface area contributed by atoms with E-state index in [2.05, 4.69) is 10.5 Å². The minimum atomic E-state index is -0.549. The lowest BCUT2D eigenvalue weighted by atomic mass is 10.2. The maximum Gasteiger partial charge on any atom is 0.307 e. The lowest BCUT2D eigenvalue weighted by Crippen LogP contribution is -2.20. The molecule has 2 aromatic carbocycles. The number of fused-ring (bicyclic) bond motifs is 1. The minimum absolute atomic E-state index is 0.127. The van der Waals surface area contributed by atoms with E-state index < -0.39 is 11.8 Å². The van der Waals surface area contributed by atoms with Gasteiger partial charge in [-0.1, -0.05) is 12.1 Å². The van der Waals surface area contributed by atoms with Crippen molar-refractivity contribution < 1.29 is 23.5 Å². The Morgan fingerprint density at radius 2 is 2.00 bits per heavy atom. The van der Waals surface area contributed by atoms with Crippen LogP contribution in [0.2, 0.25) is 0 Å². The SMILES string of the molecule is COc1cccc2cc(C(=O)N/N=C\c3ccc(OCC(N)=O)cc3)oc12. The van der Waals surface area contributed by atoms with E-state index in [1.807, 2.05) is 12.1 Å². The summed E-state index contributed by atoms with van der Waals surface area (Å²) in [6, 6.07) is 13.8. The average Bonchev–Trinajstić information content (AvgIpc) is 3.11. The Balaban J connectivity index is 1.62. The highest BCUT2D eigenvalue weighted by Gasteiger charge is 2.14. The third-order valence-corrected chi connectivity index (χ3v) is 3.59. The van der Waals surface area contributed by atoms with Crippen molar-refractivity contribution in [3.63, 3.8) is 0 Å². The highest BCUT2D eigenvalue weighted by Crippen LogP contribution is 2.28. The number of hydrogen-bond acceptors (Lipinski definition) is 6. The zero-order valence-corrected chi connectivity index (χ0v) is 14.5. The quantitative estimate of drug-likeness (QED) is 0.490. The molecule has 138 valence electrons. The van der Waals surface area contributed by atoms with Gasteiger partial charge in [0.25, 0.3) is 5.91 Å². The van der Waals surface area contributed by atoms with E-state index in [1.54, 1.807) is 36.4 Å². The number of carbonyl (C=O) groups excluding carboxylic acids is 2. The summed E-state index contributed by atoms with van der Waals surface area (Å²) in [6.07, 6.45) is 1.47. The van der Waals surface area contributed by atoms with Gasteiger partial charge in [0.1, 0.15) is 5.75 Å². The van der Waals surface area contributed by atoms with Crippen LogP contribution in [0.5, 0.6) is 11.5 Å². The summed E-state index contributed by atoms with van der Waals surface area (Å²) in [6.45, 7) is -0.189. The molecule has 27 heavy (non-hydrogen) atoms. The number of benzene rings is 2. The van der Waals surface area contributed by atoms with Gasteiger partial charge in [0, 0.05) is 5.39 Å². The number of nitrogens with zero attached hydrogens (tertiary/aromatic N) is 1. The van der Waals surface area contributed by atoms with Crippen LogP contribution in [-0.2, 0) is 4.79 Å². The highest BCUT2D eigenvalue weighted by atomic mass is 16.5. The van der Waals surface area contributed by atoms with Gasteiger partial charge in [-0.15, -0.1) is 0 Å². The molecule has 0 saturated heterocycles. The van der Waals surface area contributed by atoms with Crippen molar-refractivity contribution >= 4 is 29.0 Å². The summed E-state index contributed by atoms with van der Waals surface area (Å²) in [5.41, 5.74) is 8.65. The van der Waals surface area contributed by atoms with Gasteiger partial charge < -0.3 is 19.6 Å². The second kappa shape index (κ2) is 8.05. The van der Waals surface area contributed by atoms with E-state index in [1.165, 1.54) is 13.3 Å². The number of carbonyl (C=O) groups is 2. The number of rotatable bonds is 7. The highest BCUT2D eigenvalue weighted by molar-refractivity contribution is 5.97. The zero-order valence-electron chi connectivity index (χ0n) is 14.5. The third kappa shape index (κ3) is 4.43. The molecular formula is C19H17N3O5. The number of para-hydroxylation sites is 1. The molecule has 1 heterocycles. The average molecular weight is 367 g/mol. The van der Waals surface area contributed by atoms with Crippen LogP contribution in [0.3, 0.4) is 0 Å². The van der Waals surface area contributed by atoms with E-state index in [4.69, 9.17) is 19.6 Å². The molecule has 0 radical (unpaired) electrons. The normalized spacial score (nSPS) is 10.9. The molecule has 0 bridgehead atoms. The van der Waals surface area contributed by atoms with Crippen molar-refractivity contribution in [1.82, 2.24) is 5.43 Å². The molecular weight excluding hydrogens is 350 g/mol. The predicted molar refractivity (Wildman–Crippen MR) is 99.0 cm³/mol. The standard InChI is InChI=1S/C19H17N3O5/c1-25-15-4-2-3-13-9-16(27-18(13)15)19(24)22-21-10-12-5-7-14(8-6-12)26-11-17(20)23/h2-10H,11H2,1H3,(H2,20,23)(H,22,24)/b21-10-. The third-order valence-electron chi connectivity index (χ3n) is 3.59. The van der Waals surface area contributed by atoms with Crippen LogP contribution < -0.4 is 20.6 Å². The first-order valence-corrected chi connectivity index (χ1v) is 7.98. The van der Waals surface area contributed by atoms with Crippen LogP contribution in [0.25, 0.3) is 11.0 Å². The number of primary amides is 1. The maximum absolute atomic E-state index is 12.2. The smallest absolute Gasteiger partial charge is 0.307 e. The van der Waals surface area contributed by atoms with Gasteiger partial charge in [0.05, 0.1) is 13.3 Å². The summed E-state index contributed by atoms with van der Waals surface area (Å²) in [5, 5.41) is 4.66. The molecule has 0 aliphatic carbocycles. The zero-order chi connectivity index (χ0) is 19.2. The van der Waals surface area contributed by atoms with Crippen LogP contribution in [0.4, 0.5) is 0 Å². The van der Waals surface area contributed by atoms with Crippen LogP contribution in [0, 0.1) is 0 Å². The van der Waals surface area contributed by atoms with Crippen molar-refractivity contribution in [3.05, 3.63) is 59.9 Å². The number of amides is 2. The summed E-state index contributed by atoms with van der Waals surface area (Å²) in [7, 11) is 1.53. The van der Waals surface area contributed by atoms with E-state index in [0.29, 0.717) is 17.1 Å². The van der Waals surface area contributed by atoms with Crippen LogP contribution in [-0.4, -0.2) is 31.7 Å². The molecule has 0 fully saturated rings. The minimum Gasteiger partial charge on any atom is -0.493 e. The molecule has 0 atom stereocenters. The van der Waals surface area contributed by atoms with Crippen molar-refractivity contribution in [3.8, 4) is 11.5 Å². The molecule has 0 aliphatic heterocycles. The molecule has 1 aromatic heterocycles. The van der Waals surface area contributed by atoms with Gasteiger partial charge in [-0.2, -0.15) is 5.10 Å². The first kappa shape index (κ1) is 18.0. The number of hydrazone groups is 1. The van der Waals surface area contributed by atoms with Gasteiger partial charge in [-0.05, 0) is 42.0 Å². The van der Waals surface area contributed by atoms with E-state index >= 15 is 0 Å². The summed E-state index contributed by atoms with van der Waals surface area (Å²) >= 11 is 0. The Hall–Kier alpha value is -3.81. The van der Waals surface area contributed by atoms with Gasteiger partial charge in [-0.3, -0.25) is 9.59 Å². The van der Waals surface area contributed by atoms with Crippen LogP contribution in [0.1, 0.15) is 16.1 Å². The van der Waals surface area contributed by atoms with E-state index in [-0.39, 0.29) is 12.4 Å². The lowest BCUT2D eigenvalue weighted by Gasteiger charge is -2.03. The van der Waals surface area contributed by atoms with Gasteiger partial charge in [0.15, 0.2) is 23.7 Å². The van der Waals surface area contributed by atoms with Gasteiger partial charge >= 0.3 is 5.91 Å². The predicted octanol–water partition coefficient (Wildman–Crippen LogP) is 2.07. The molecule has 3 aromatic rings. The Morgan fingerprint density at radius 1 is 1.22 bits per heavy atom. The van der Waals surface area contributed by atoms with E-state index in [9.17, 15) is 9.59 Å². The fourth-order valence-electron chi connectivity index (χ4n) is 2.33. The molecule has 0 unspecified atom stereocenters. The molecule has 0 aliphatic rings. The number of ether oxygens (including phenoxy) is 2. The Morgan fingerprint density at radius 3 is 2.70 bits per heavy atom. The van der Waals surface area contributed by atoms with E-state index in [0.717, 1.165) is 10.9 Å². The number of methoxy groups -OCH3 is 1. The first-order valence-electron chi connectivity index (χ1n) is 7.98.